The van der Waals surface area contributed by atoms with Crippen LogP contribution in [0.15, 0.2) is 34.1 Å². The fourth-order valence-electron chi connectivity index (χ4n) is 3.97. The Morgan fingerprint density at radius 2 is 2.03 bits per heavy atom. The van der Waals surface area contributed by atoms with Crippen LogP contribution in [-0.4, -0.2) is 68.8 Å². The molecule has 3 saturated heterocycles. The number of carbonyl (C=O) groups is 4. The quantitative estimate of drug-likeness (QED) is 0.498. The highest BCUT2D eigenvalue weighted by molar-refractivity contribution is 8.18. The average Bonchev–Trinajstić information content (AvgIpc) is 3.34. The third-order valence-electron chi connectivity index (χ3n) is 5.67. The minimum Gasteiger partial charge on any atom is -0.352 e. The maximum absolute atomic E-state index is 12.7. The minimum absolute atomic E-state index is 0.00860. The Morgan fingerprint density at radius 3 is 2.74 bits per heavy atom. The summed E-state index contributed by atoms with van der Waals surface area (Å²) in [7, 11) is 0. The molecule has 0 spiro atoms. The van der Waals surface area contributed by atoms with E-state index in [1.54, 1.807) is 34.5 Å². The molecule has 2 atom stereocenters. The molecule has 0 radical (unpaired) electrons. The van der Waals surface area contributed by atoms with Gasteiger partial charge in [-0.15, -0.1) is 23.5 Å². The highest BCUT2D eigenvalue weighted by Gasteiger charge is 2.52. The summed E-state index contributed by atoms with van der Waals surface area (Å²) in [6, 6.07) is 7.26. The van der Waals surface area contributed by atoms with Gasteiger partial charge in [-0.2, -0.15) is 0 Å². The summed E-state index contributed by atoms with van der Waals surface area (Å²) in [5, 5.41) is 2.45. The Bertz CT molecular complexity index is 965. The molecule has 4 rings (SSSR count). The standard InChI is InChI=1S/C21H23N3O4S3/c1-21-8-7-17(25)24(21)15(12-30-21)18(26)22-9-10-23-19(27)16(31-20(23)28)11-13-3-5-14(29-2)6-4-13/h3-6,11,15H,7-10,12H2,1-2H3,(H,22,26)/b16-11-. The molecule has 0 aliphatic carbocycles. The summed E-state index contributed by atoms with van der Waals surface area (Å²) in [5.41, 5.74) is 0.855. The largest absolute Gasteiger partial charge is 0.352 e. The summed E-state index contributed by atoms with van der Waals surface area (Å²) in [5.74, 6) is -0.0117. The summed E-state index contributed by atoms with van der Waals surface area (Å²) >= 11 is 4.17. The first-order valence-corrected chi connectivity index (χ1v) is 13.0. The SMILES string of the molecule is CSc1ccc(/C=C2\SC(=O)N(CCNC(=O)C3CSC4(C)CCC(=O)N34)C2=O)cc1. The monoisotopic (exact) mass is 477 g/mol. The molecule has 0 bridgehead atoms. The van der Waals surface area contributed by atoms with Crippen molar-refractivity contribution in [3.8, 4) is 0 Å². The van der Waals surface area contributed by atoms with E-state index in [4.69, 9.17) is 0 Å². The molecule has 164 valence electrons. The van der Waals surface area contributed by atoms with E-state index in [1.165, 1.54) is 0 Å². The molecule has 7 nitrogen and oxygen atoms in total. The third-order valence-corrected chi connectivity index (χ3v) is 8.83. The van der Waals surface area contributed by atoms with Gasteiger partial charge in [0.05, 0.1) is 9.78 Å². The molecule has 3 heterocycles. The topological polar surface area (TPSA) is 86.8 Å². The summed E-state index contributed by atoms with van der Waals surface area (Å²) in [4.78, 5) is 53.8. The van der Waals surface area contributed by atoms with Crippen LogP contribution in [0.4, 0.5) is 4.79 Å². The molecular formula is C21H23N3O4S3. The second-order valence-electron chi connectivity index (χ2n) is 7.66. The maximum Gasteiger partial charge on any atom is 0.293 e. The van der Waals surface area contributed by atoms with Gasteiger partial charge in [0.1, 0.15) is 6.04 Å². The molecule has 3 fully saturated rings. The molecule has 0 aromatic heterocycles. The summed E-state index contributed by atoms with van der Waals surface area (Å²) in [6.07, 6.45) is 4.93. The number of thioether (sulfide) groups is 3. The Labute approximate surface area is 193 Å². The molecule has 3 aliphatic rings. The highest BCUT2D eigenvalue weighted by atomic mass is 32.2. The fraction of sp³-hybridized carbons (Fsp3) is 0.429. The van der Waals surface area contributed by atoms with Crippen molar-refractivity contribution < 1.29 is 19.2 Å². The first-order chi connectivity index (χ1) is 14.8. The Hall–Kier alpha value is -1.91. The van der Waals surface area contributed by atoms with E-state index < -0.39 is 6.04 Å². The van der Waals surface area contributed by atoms with E-state index in [2.05, 4.69) is 5.32 Å². The van der Waals surface area contributed by atoms with Gasteiger partial charge in [0.15, 0.2) is 0 Å². The number of amides is 4. The van der Waals surface area contributed by atoms with Crippen LogP contribution >= 0.6 is 35.3 Å². The second-order valence-corrected chi connectivity index (χ2v) is 11.0. The van der Waals surface area contributed by atoms with Crippen molar-refractivity contribution in [3.63, 3.8) is 0 Å². The zero-order valence-corrected chi connectivity index (χ0v) is 19.7. The Kier molecular flexibility index (Phi) is 6.41. The lowest BCUT2D eigenvalue weighted by Crippen LogP contribution is -2.51. The van der Waals surface area contributed by atoms with E-state index in [0.717, 1.165) is 33.5 Å². The van der Waals surface area contributed by atoms with Gasteiger partial charge in [-0.1, -0.05) is 12.1 Å². The average molecular weight is 478 g/mol. The van der Waals surface area contributed by atoms with Crippen LogP contribution in [0.2, 0.25) is 0 Å². The zero-order valence-electron chi connectivity index (χ0n) is 17.3. The van der Waals surface area contributed by atoms with Gasteiger partial charge in [-0.3, -0.25) is 24.1 Å². The maximum atomic E-state index is 12.7. The molecule has 3 aliphatic heterocycles. The lowest BCUT2D eigenvalue weighted by Gasteiger charge is -2.29. The van der Waals surface area contributed by atoms with Crippen LogP contribution in [0.5, 0.6) is 0 Å². The first kappa shape index (κ1) is 22.3. The number of benzene rings is 1. The van der Waals surface area contributed by atoms with Crippen molar-refractivity contribution in [2.75, 3.05) is 25.1 Å². The van der Waals surface area contributed by atoms with E-state index in [-0.39, 0.29) is 40.9 Å². The number of hydrogen-bond donors (Lipinski definition) is 1. The zero-order chi connectivity index (χ0) is 22.2. The van der Waals surface area contributed by atoms with Gasteiger partial charge < -0.3 is 10.2 Å². The predicted octanol–water partition coefficient (Wildman–Crippen LogP) is 3.02. The van der Waals surface area contributed by atoms with Crippen molar-refractivity contribution in [1.82, 2.24) is 15.1 Å². The normalized spacial score (nSPS) is 26.8. The van der Waals surface area contributed by atoms with Crippen LogP contribution in [0.1, 0.15) is 25.3 Å². The molecule has 0 saturated carbocycles. The smallest absolute Gasteiger partial charge is 0.293 e. The van der Waals surface area contributed by atoms with Crippen LogP contribution in [-0.2, 0) is 14.4 Å². The van der Waals surface area contributed by atoms with E-state index in [0.29, 0.717) is 17.1 Å². The van der Waals surface area contributed by atoms with Crippen LogP contribution in [0, 0.1) is 0 Å². The summed E-state index contributed by atoms with van der Waals surface area (Å²) < 4.78 is 0. The number of nitrogens with zero attached hydrogens (tertiary/aromatic N) is 2. The summed E-state index contributed by atoms with van der Waals surface area (Å²) in [6.45, 7) is 2.26. The van der Waals surface area contributed by atoms with Gasteiger partial charge in [-0.25, -0.2) is 0 Å². The van der Waals surface area contributed by atoms with Gasteiger partial charge in [-0.05, 0) is 55.1 Å². The Morgan fingerprint density at radius 1 is 1.29 bits per heavy atom. The number of rotatable bonds is 6. The predicted molar refractivity (Wildman–Crippen MR) is 125 cm³/mol. The lowest BCUT2D eigenvalue weighted by atomic mass is 10.2. The molecule has 10 heteroatoms. The van der Waals surface area contributed by atoms with Crippen molar-refractivity contribution in [2.45, 2.75) is 35.6 Å². The van der Waals surface area contributed by atoms with Gasteiger partial charge in [0.2, 0.25) is 11.8 Å². The second kappa shape index (κ2) is 8.91. The molecule has 31 heavy (non-hydrogen) atoms. The Balaban J connectivity index is 1.33. The number of imide groups is 1. The first-order valence-electron chi connectivity index (χ1n) is 9.96. The fourth-order valence-corrected chi connectivity index (χ4v) is 6.67. The number of fused-ring (bicyclic) bond motifs is 1. The number of carbonyl (C=O) groups excluding carboxylic acids is 4. The van der Waals surface area contributed by atoms with E-state index in [9.17, 15) is 19.2 Å². The number of hydrogen-bond acceptors (Lipinski definition) is 7. The van der Waals surface area contributed by atoms with Crippen LogP contribution < -0.4 is 5.32 Å². The molecule has 1 aromatic rings. The molecule has 1 aromatic carbocycles. The molecule has 4 amide bonds. The van der Waals surface area contributed by atoms with E-state index in [1.807, 2.05) is 37.4 Å². The van der Waals surface area contributed by atoms with Crippen molar-refractivity contribution >= 4 is 64.3 Å². The van der Waals surface area contributed by atoms with Gasteiger partial charge in [0, 0.05) is 30.2 Å². The molecular weight excluding hydrogens is 454 g/mol. The lowest BCUT2D eigenvalue weighted by molar-refractivity contribution is -0.137. The van der Waals surface area contributed by atoms with Gasteiger partial charge >= 0.3 is 0 Å². The highest BCUT2D eigenvalue weighted by Crippen LogP contribution is 2.47. The van der Waals surface area contributed by atoms with Crippen molar-refractivity contribution in [2.24, 2.45) is 0 Å². The van der Waals surface area contributed by atoms with Crippen LogP contribution in [0.3, 0.4) is 0 Å². The minimum atomic E-state index is -0.496. The molecule has 2 unspecified atom stereocenters. The van der Waals surface area contributed by atoms with E-state index >= 15 is 0 Å². The van der Waals surface area contributed by atoms with Crippen molar-refractivity contribution in [3.05, 3.63) is 34.7 Å². The molecule has 1 N–H and O–H groups in total. The van der Waals surface area contributed by atoms with Crippen LogP contribution in [0.25, 0.3) is 6.08 Å². The van der Waals surface area contributed by atoms with Crippen molar-refractivity contribution in [1.29, 1.82) is 0 Å². The number of nitrogens with one attached hydrogen (secondary N) is 1. The van der Waals surface area contributed by atoms with Gasteiger partial charge in [0.25, 0.3) is 11.1 Å². The third kappa shape index (κ3) is 4.38.